The molecule has 1 amide bonds. The lowest BCUT2D eigenvalue weighted by Crippen LogP contribution is -2.24. The van der Waals surface area contributed by atoms with Crippen LogP contribution in [0.25, 0.3) is 6.08 Å². The van der Waals surface area contributed by atoms with Crippen LogP contribution < -0.4 is 4.90 Å². The van der Waals surface area contributed by atoms with E-state index in [1.165, 1.54) is 6.08 Å². The summed E-state index contributed by atoms with van der Waals surface area (Å²) in [6, 6.07) is 5.61. The lowest BCUT2D eigenvalue weighted by Gasteiger charge is -2.18. The molecule has 0 atom stereocenters. The molecule has 0 unspecified atom stereocenters. The number of nitrogens with zero attached hydrogens (tertiary/aromatic N) is 1. The van der Waals surface area contributed by atoms with Gasteiger partial charge in [-0.05, 0) is 36.6 Å². The van der Waals surface area contributed by atoms with Crippen LogP contribution in [0.3, 0.4) is 0 Å². The first kappa shape index (κ1) is 12.4. The molecule has 1 N–H and O–H groups in total. The van der Waals surface area contributed by atoms with E-state index in [4.69, 9.17) is 5.11 Å². The van der Waals surface area contributed by atoms with Gasteiger partial charge in [0.25, 0.3) is 0 Å². The molecule has 1 aromatic rings. The van der Waals surface area contributed by atoms with Gasteiger partial charge in [-0.2, -0.15) is 0 Å². The summed E-state index contributed by atoms with van der Waals surface area (Å²) < 4.78 is 0. The maximum atomic E-state index is 11.7. The molecule has 0 spiro atoms. The van der Waals surface area contributed by atoms with E-state index >= 15 is 0 Å². The molecule has 0 radical (unpaired) electrons. The molecule has 4 heteroatoms. The number of aliphatic carboxylic acids is 1. The van der Waals surface area contributed by atoms with Gasteiger partial charge in [-0.3, -0.25) is 4.79 Å². The van der Waals surface area contributed by atoms with Crippen LogP contribution >= 0.6 is 0 Å². The van der Waals surface area contributed by atoms with Crippen LogP contribution in [-0.4, -0.2) is 23.5 Å². The van der Waals surface area contributed by atoms with Crippen LogP contribution in [-0.2, 0) is 9.59 Å². The molecule has 0 saturated carbocycles. The van der Waals surface area contributed by atoms with Crippen molar-refractivity contribution >= 4 is 23.6 Å². The van der Waals surface area contributed by atoms with Gasteiger partial charge < -0.3 is 10.0 Å². The van der Waals surface area contributed by atoms with E-state index in [0.717, 1.165) is 35.9 Å². The lowest BCUT2D eigenvalue weighted by atomic mass is 10.1. The van der Waals surface area contributed by atoms with Gasteiger partial charge in [-0.25, -0.2) is 4.79 Å². The van der Waals surface area contributed by atoms with Gasteiger partial charge in [0, 0.05) is 24.7 Å². The Morgan fingerprint density at radius 1 is 1.44 bits per heavy atom. The van der Waals surface area contributed by atoms with Crippen molar-refractivity contribution in [3.05, 3.63) is 35.4 Å². The summed E-state index contributed by atoms with van der Waals surface area (Å²) in [4.78, 5) is 24.0. The summed E-state index contributed by atoms with van der Waals surface area (Å²) in [5.41, 5.74) is 2.69. The highest BCUT2D eigenvalue weighted by Gasteiger charge is 2.22. The summed E-state index contributed by atoms with van der Waals surface area (Å²) in [7, 11) is 0. The zero-order chi connectivity index (χ0) is 13.1. The summed E-state index contributed by atoms with van der Waals surface area (Å²) >= 11 is 0. The standard InChI is InChI=1S/C14H15NO3/c1-10-4-5-11(6-7-14(17)18)9-12(10)15-8-2-3-13(15)16/h4-7,9H,2-3,8H2,1H3,(H,17,18)/b7-6+. The average molecular weight is 245 g/mol. The first-order valence-corrected chi connectivity index (χ1v) is 5.90. The highest BCUT2D eigenvalue weighted by molar-refractivity contribution is 5.96. The zero-order valence-corrected chi connectivity index (χ0v) is 10.2. The third kappa shape index (κ3) is 2.59. The fourth-order valence-corrected chi connectivity index (χ4v) is 2.09. The summed E-state index contributed by atoms with van der Waals surface area (Å²) in [6.45, 7) is 2.69. The molecule has 1 aliphatic rings. The quantitative estimate of drug-likeness (QED) is 0.831. The minimum absolute atomic E-state index is 0.137. The molecule has 2 rings (SSSR count). The number of hydrogen-bond acceptors (Lipinski definition) is 2. The van der Waals surface area contributed by atoms with E-state index in [2.05, 4.69) is 0 Å². The van der Waals surface area contributed by atoms with Gasteiger partial charge >= 0.3 is 5.97 Å². The van der Waals surface area contributed by atoms with Crippen molar-refractivity contribution in [1.82, 2.24) is 0 Å². The Hall–Kier alpha value is -2.10. The SMILES string of the molecule is Cc1ccc(/C=C/C(=O)O)cc1N1CCCC1=O. The molecular formula is C14H15NO3. The predicted octanol–water partition coefficient (Wildman–Crippen LogP) is 2.22. The second-order valence-electron chi connectivity index (χ2n) is 4.37. The Labute approximate surface area is 106 Å². The van der Waals surface area contributed by atoms with Crippen LogP contribution in [0.15, 0.2) is 24.3 Å². The van der Waals surface area contributed by atoms with E-state index in [-0.39, 0.29) is 5.91 Å². The Kier molecular flexibility index (Phi) is 3.46. The Balaban J connectivity index is 2.32. The van der Waals surface area contributed by atoms with Crippen LogP contribution in [0.4, 0.5) is 5.69 Å². The molecule has 0 bridgehead atoms. The van der Waals surface area contributed by atoms with Crippen LogP contribution in [0.1, 0.15) is 24.0 Å². The second-order valence-corrected chi connectivity index (χ2v) is 4.37. The van der Waals surface area contributed by atoms with Crippen molar-refractivity contribution in [1.29, 1.82) is 0 Å². The molecule has 1 aromatic carbocycles. The minimum Gasteiger partial charge on any atom is -0.478 e. The number of hydrogen-bond donors (Lipinski definition) is 1. The van der Waals surface area contributed by atoms with Gasteiger partial charge in [0.2, 0.25) is 5.91 Å². The number of amides is 1. The molecule has 4 nitrogen and oxygen atoms in total. The Morgan fingerprint density at radius 3 is 2.83 bits per heavy atom. The highest BCUT2D eigenvalue weighted by Crippen LogP contribution is 2.26. The average Bonchev–Trinajstić information content (AvgIpc) is 2.74. The Bertz CT molecular complexity index is 520. The Morgan fingerprint density at radius 2 is 2.22 bits per heavy atom. The smallest absolute Gasteiger partial charge is 0.328 e. The van der Waals surface area contributed by atoms with Gasteiger partial charge in [0.15, 0.2) is 0 Å². The maximum absolute atomic E-state index is 11.7. The molecule has 1 fully saturated rings. The lowest BCUT2D eigenvalue weighted by molar-refractivity contribution is -0.131. The second kappa shape index (κ2) is 5.04. The summed E-state index contributed by atoms with van der Waals surface area (Å²) in [5.74, 6) is -0.841. The van der Waals surface area contributed by atoms with E-state index in [1.807, 2.05) is 25.1 Å². The van der Waals surface area contributed by atoms with E-state index in [9.17, 15) is 9.59 Å². The third-order valence-corrected chi connectivity index (χ3v) is 3.02. The molecule has 1 heterocycles. The van der Waals surface area contributed by atoms with Crippen molar-refractivity contribution in [3.63, 3.8) is 0 Å². The molecule has 0 aliphatic carbocycles. The number of carbonyl (C=O) groups is 2. The van der Waals surface area contributed by atoms with Crippen LogP contribution in [0, 0.1) is 6.92 Å². The van der Waals surface area contributed by atoms with Crippen LogP contribution in [0.5, 0.6) is 0 Å². The third-order valence-electron chi connectivity index (χ3n) is 3.02. The predicted molar refractivity (Wildman–Crippen MR) is 69.4 cm³/mol. The molecule has 1 aliphatic heterocycles. The summed E-state index contributed by atoms with van der Waals surface area (Å²) in [6.07, 6.45) is 4.11. The number of carboxylic acids is 1. The van der Waals surface area contributed by atoms with Gasteiger partial charge in [0.1, 0.15) is 0 Å². The normalized spacial score (nSPS) is 15.6. The van der Waals surface area contributed by atoms with Gasteiger partial charge in [-0.1, -0.05) is 12.1 Å². The summed E-state index contributed by atoms with van der Waals surface area (Å²) in [5, 5.41) is 8.60. The molecule has 0 aromatic heterocycles. The molecule has 18 heavy (non-hydrogen) atoms. The van der Waals surface area contributed by atoms with Crippen molar-refractivity contribution in [2.24, 2.45) is 0 Å². The number of carbonyl (C=O) groups excluding carboxylic acids is 1. The number of carboxylic acid groups (broad SMARTS) is 1. The largest absolute Gasteiger partial charge is 0.478 e. The van der Waals surface area contributed by atoms with Crippen molar-refractivity contribution in [2.75, 3.05) is 11.4 Å². The van der Waals surface area contributed by atoms with Crippen LogP contribution in [0.2, 0.25) is 0 Å². The first-order valence-electron chi connectivity index (χ1n) is 5.90. The van der Waals surface area contributed by atoms with E-state index in [1.54, 1.807) is 4.90 Å². The van der Waals surface area contributed by atoms with Crippen molar-refractivity contribution in [3.8, 4) is 0 Å². The molecule has 94 valence electrons. The zero-order valence-electron chi connectivity index (χ0n) is 10.2. The van der Waals surface area contributed by atoms with Gasteiger partial charge in [0.05, 0.1) is 0 Å². The van der Waals surface area contributed by atoms with Gasteiger partial charge in [-0.15, -0.1) is 0 Å². The number of aryl methyl sites for hydroxylation is 1. The fourth-order valence-electron chi connectivity index (χ4n) is 2.09. The maximum Gasteiger partial charge on any atom is 0.328 e. The number of rotatable bonds is 3. The first-order chi connectivity index (χ1) is 8.58. The van der Waals surface area contributed by atoms with Crippen molar-refractivity contribution < 1.29 is 14.7 Å². The topological polar surface area (TPSA) is 57.6 Å². The molecular weight excluding hydrogens is 230 g/mol. The molecule has 1 saturated heterocycles. The number of anilines is 1. The monoisotopic (exact) mass is 245 g/mol. The number of benzene rings is 1. The van der Waals surface area contributed by atoms with E-state index < -0.39 is 5.97 Å². The van der Waals surface area contributed by atoms with E-state index in [0.29, 0.717) is 6.42 Å². The minimum atomic E-state index is -0.977. The van der Waals surface area contributed by atoms with Crippen molar-refractivity contribution in [2.45, 2.75) is 19.8 Å². The highest BCUT2D eigenvalue weighted by atomic mass is 16.4. The fraction of sp³-hybridized carbons (Fsp3) is 0.286.